The molecule has 1 aromatic carbocycles. The Morgan fingerprint density at radius 2 is 1.82 bits per heavy atom. The molecule has 0 aliphatic heterocycles. The molecule has 0 nitrogen and oxygen atoms in total. The van der Waals surface area contributed by atoms with Gasteiger partial charge in [-0.1, -0.05) is 42.5 Å². The molecule has 0 spiro atoms. The van der Waals surface area contributed by atoms with E-state index >= 15 is 0 Å². The lowest BCUT2D eigenvalue weighted by Crippen LogP contribution is -2.07. The lowest BCUT2D eigenvalue weighted by atomic mass is 9.84. The molecule has 5 heteroatoms. The molecule has 1 atom stereocenters. The van der Waals surface area contributed by atoms with Crippen LogP contribution in [0.1, 0.15) is 63.0 Å². The molecule has 0 saturated carbocycles. The maximum atomic E-state index is 14.5. The second kappa shape index (κ2) is 10.6. The Bertz CT molecular complexity index is 725. The molecule has 0 heterocycles. The topological polar surface area (TPSA) is 0 Å². The van der Waals surface area contributed by atoms with Crippen LogP contribution in [0.3, 0.4) is 0 Å². The van der Waals surface area contributed by atoms with Crippen molar-refractivity contribution >= 4 is 5.57 Å². The first-order valence-corrected chi connectivity index (χ1v) is 9.81. The van der Waals surface area contributed by atoms with Crippen molar-refractivity contribution in [2.24, 2.45) is 5.92 Å². The molecule has 0 amide bonds. The number of alkyl halides is 3. The van der Waals surface area contributed by atoms with Crippen LogP contribution >= 0.6 is 0 Å². The van der Waals surface area contributed by atoms with Crippen molar-refractivity contribution in [3.8, 4) is 0 Å². The van der Waals surface area contributed by atoms with Gasteiger partial charge in [0.05, 0.1) is 6.42 Å². The van der Waals surface area contributed by atoms with E-state index in [9.17, 15) is 22.0 Å². The minimum Gasteiger partial charge on any atom is -0.203 e. The number of rotatable bonds is 8. The van der Waals surface area contributed by atoms with Crippen LogP contribution in [0, 0.1) is 17.6 Å². The summed E-state index contributed by atoms with van der Waals surface area (Å²) in [6.07, 6.45) is 8.45. The van der Waals surface area contributed by atoms with Crippen LogP contribution in [0.5, 0.6) is 0 Å². The van der Waals surface area contributed by atoms with E-state index in [4.69, 9.17) is 0 Å². The van der Waals surface area contributed by atoms with E-state index in [0.717, 1.165) is 43.8 Å². The standard InChI is InChI=1S/C23H27F5/c1-2-3-5-8-17-10-12-18(13-11-17)20-15-14-19(21(24)22(20)25)9-6-4-7-16-23(26,27)28/h2-4,7,12,14-15,17H,5-6,8-11,13,16H2,1H3/b3-2+,7-4+. The van der Waals surface area contributed by atoms with Crippen LogP contribution in [0.2, 0.25) is 0 Å². The lowest BCUT2D eigenvalue weighted by Gasteiger charge is -2.22. The van der Waals surface area contributed by atoms with E-state index in [1.165, 1.54) is 6.08 Å². The molecule has 28 heavy (non-hydrogen) atoms. The normalized spacial score (nSPS) is 18.2. The summed E-state index contributed by atoms with van der Waals surface area (Å²) in [5.41, 5.74) is 1.34. The third-order valence-electron chi connectivity index (χ3n) is 5.10. The lowest BCUT2D eigenvalue weighted by molar-refractivity contribution is -0.125. The van der Waals surface area contributed by atoms with Crippen molar-refractivity contribution in [3.63, 3.8) is 0 Å². The molecule has 0 bridgehead atoms. The average molecular weight is 398 g/mol. The summed E-state index contributed by atoms with van der Waals surface area (Å²) in [5, 5.41) is 0. The zero-order valence-electron chi connectivity index (χ0n) is 16.2. The van der Waals surface area contributed by atoms with Gasteiger partial charge in [0.25, 0.3) is 0 Å². The minimum absolute atomic E-state index is 0.170. The van der Waals surface area contributed by atoms with E-state index in [-0.39, 0.29) is 18.4 Å². The van der Waals surface area contributed by atoms with Gasteiger partial charge in [-0.15, -0.1) is 0 Å². The van der Waals surface area contributed by atoms with Crippen LogP contribution in [-0.2, 0) is 6.42 Å². The molecule has 0 N–H and O–H groups in total. The van der Waals surface area contributed by atoms with Crippen molar-refractivity contribution in [1.82, 2.24) is 0 Å². The second-order valence-corrected chi connectivity index (χ2v) is 7.25. The smallest absolute Gasteiger partial charge is 0.203 e. The van der Waals surface area contributed by atoms with Gasteiger partial charge < -0.3 is 0 Å². The van der Waals surface area contributed by atoms with Crippen molar-refractivity contribution in [3.05, 3.63) is 65.3 Å². The molecular weight excluding hydrogens is 371 g/mol. The molecule has 0 fully saturated rings. The number of hydrogen-bond acceptors (Lipinski definition) is 0. The first-order valence-electron chi connectivity index (χ1n) is 9.81. The van der Waals surface area contributed by atoms with E-state index in [2.05, 4.69) is 6.08 Å². The van der Waals surface area contributed by atoms with Crippen molar-refractivity contribution < 1.29 is 22.0 Å². The highest BCUT2D eigenvalue weighted by atomic mass is 19.4. The third kappa shape index (κ3) is 6.92. The van der Waals surface area contributed by atoms with E-state index in [0.29, 0.717) is 11.5 Å². The summed E-state index contributed by atoms with van der Waals surface area (Å²) in [5.74, 6) is -1.16. The first kappa shape index (κ1) is 22.4. The maximum Gasteiger partial charge on any atom is 0.392 e. The van der Waals surface area contributed by atoms with Gasteiger partial charge in [0.2, 0.25) is 0 Å². The van der Waals surface area contributed by atoms with Crippen LogP contribution < -0.4 is 0 Å². The van der Waals surface area contributed by atoms with Crippen molar-refractivity contribution in [2.75, 3.05) is 0 Å². The quantitative estimate of drug-likeness (QED) is 0.308. The maximum absolute atomic E-state index is 14.5. The highest BCUT2D eigenvalue weighted by molar-refractivity contribution is 5.67. The fraction of sp³-hybridized carbons (Fsp3) is 0.478. The Hall–Kier alpha value is -1.91. The third-order valence-corrected chi connectivity index (χ3v) is 5.10. The van der Waals surface area contributed by atoms with Crippen LogP contribution in [-0.4, -0.2) is 6.18 Å². The average Bonchev–Trinajstić information content (AvgIpc) is 2.65. The molecule has 0 radical (unpaired) electrons. The van der Waals surface area contributed by atoms with E-state index < -0.39 is 24.2 Å². The molecule has 1 unspecified atom stereocenters. The SMILES string of the molecule is C/C=C/CCC1CC=C(c2ccc(CC/C=C/CC(F)(F)F)c(F)c2F)CC1. The fourth-order valence-corrected chi connectivity index (χ4v) is 3.50. The van der Waals surface area contributed by atoms with Gasteiger partial charge >= 0.3 is 6.18 Å². The predicted octanol–water partition coefficient (Wildman–Crippen LogP) is 7.95. The number of benzene rings is 1. The van der Waals surface area contributed by atoms with E-state index in [1.54, 1.807) is 12.1 Å². The van der Waals surface area contributed by atoms with E-state index in [1.807, 2.05) is 19.1 Å². The summed E-state index contributed by atoms with van der Waals surface area (Å²) in [4.78, 5) is 0. The Labute approximate surface area is 163 Å². The second-order valence-electron chi connectivity index (χ2n) is 7.25. The number of hydrogen-bond donors (Lipinski definition) is 0. The molecule has 2 rings (SSSR count). The zero-order chi connectivity index (χ0) is 20.6. The Morgan fingerprint density at radius 3 is 2.46 bits per heavy atom. The van der Waals surface area contributed by atoms with Crippen LogP contribution in [0.25, 0.3) is 5.57 Å². The fourth-order valence-electron chi connectivity index (χ4n) is 3.50. The largest absolute Gasteiger partial charge is 0.392 e. The minimum atomic E-state index is -4.24. The Kier molecular flexibility index (Phi) is 8.46. The molecule has 154 valence electrons. The monoisotopic (exact) mass is 398 g/mol. The number of allylic oxidation sites excluding steroid dienone is 6. The molecule has 0 saturated heterocycles. The van der Waals surface area contributed by atoms with Crippen molar-refractivity contribution in [2.45, 2.75) is 64.5 Å². The summed E-state index contributed by atoms with van der Waals surface area (Å²) in [7, 11) is 0. The van der Waals surface area contributed by atoms with Crippen LogP contribution in [0.15, 0.2) is 42.5 Å². The van der Waals surface area contributed by atoms with Crippen molar-refractivity contribution in [1.29, 1.82) is 0 Å². The Morgan fingerprint density at radius 1 is 1.04 bits per heavy atom. The van der Waals surface area contributed by atoms with Gasteiger partial charge in [-0.05, 0) is 68.9 Å². The van der Waals surface area contributed by atoms with Gasteiger partial charge in [0.15, 0.2) is 11.6 Å². The molecule has 0 aromatic heterocycles. The summed E-state index contributed by atoms with van der Waals surface area (Å²) >= 11 is 0. The van der Waals surface area contributed by atoms with Gasteiger partial charge in [0.1, 0.15) is 0 Å². The molecule has 1 aliphatic carbocycles. The zero-order valence-corrected chi connectivity index (χ0v) is 16.2. The molecule has 1 aromatic rings. The highest BCUT2D eigenvalue weighted by Crippen LogP contribution is 2.34. The Balaban J connectivity index is 1.96. The predicted molar refractivity (Wildman–Crippen MR) is 104 cm³/mol. The van der Waals surface area contributed by atoms with Gasteiger partial charge in [0, 0.05) is 5.56 Å². The highest BCUT2D eigenvalue weighted by Gasteiger charge is 2.24. The first-order chi connectivity index (χ1) is 13.3. The van der Waals surface area contributed by atoms with Gasteiger partial charge in [-0.25, -0.2) is 8.78 Å². The number of aryl methyl sites for hydroxylation is 1. The summed E-state index contributed by atoms with van der Waals surface area (Å²) in [6.45, 7) is 2.00. The van der Waals surface area contributed by atoms with Crippen LogP contribution in [0.4, 0.5) is 22.0 Å². The molecular formula is C23H27F5. The molecule has 1 aliphatic rings. The number of halogens is 5. The summed E-state index contributed by atoms with van der Waals surface area (Å²) in [6, 6.07) is 3.14. The van der Waals surface area contributed by atoms with Gasteiger partial charge in [-0.3, -0.25) is 0 Å². The summed E-state index contributed by atoms with van der Waals surface area (Å²) < 4.78 is 65.1. The van der Waals surface area contributed by atoms with Gasteiger partial charge in [-0.2, -0.15) is 13.2 Å².